The molecule has 1 aromatic heterocycles. The van der Waals surface area contributed by atoms with Crippen molar-refractivity contribution in [3.63, 3.8) is 0 Å². The summed E-state index contributed by atoms with van der Waals surface area (Å²) in [5.41, 5.74) is 6.24. The van der Waals surface area contributed by atoms with Gasteiger partial charge in [-0.2, -0.15) is 0 Å². The first kappa shape index (κ1) is 25.4. The molecular weight excluding hydrogens is 533 g/mol. The number of nitro benzene ring substituents is 1. The zero-order valence-corrected chi connectivity index (χ0v) is 20.7. The standard InChI is InChI=1S/C19H18Cl3N5O4S2/c20-19(21,22)17(24-15(29)9-5-1-3-7-11(9)27(30)31)26-18(32)25-16-13(14(23)28)10-6-2-4-8-12(10)33-16/h1,3,5,7,17H,2,4,6,8H2,(H2,23,28)(H,24,29)(H2,25,26,32)/t17-/m0/s1. The predicted octanol–water partition coefficient (Wildman–Crippen LogP) is 4.05. The number of hydrogen-bond donors (Lipinski definition) is 4. The molecule has 14 heteroatoms. The molecule has 0 fully saturated rings. The van der Waals surface area contributed by atoms with Crippen molar-refractivity contribution >= 4 is 86.0 Å². The highest BCUT2D eigenvalue weighted by molar-refractivity contribution is 7.80. The number of carbonyl (C=O) groups is 2. The van der Waals surface area contributed by atoms with Crippen LogP contribution in [0.25, 0.3) is 0 Å². The van der Waals surface area contributed by atoms with Gasteiger partial charge >= 0.3 is 0 Å². The van der Waals surface area contributed by atoms with E-state index in [4.69, 9.17) is 52.8 Å². The van der Waals surface area contributed by atoms with Gasteiger partial charge in [0.25, 0.3) is 17.5 Å². The fourth-order valence-electron chi connectivity index (χ4n) is 3.42. The average molecular weight is 551 g/mol. The van der Waals surface area contributed by atoms with E-state index in [1.807, 2.05) is 0 Å². The van der Waals surface area contributed by atoms with Crippen LogP contribution in [0.4, 0.5) is 10.7 Å². The molecule has 3 rings (SSSR count). The van der Waals surface area contributed by atoms with Gasteiger partial charge < -0.3 is 21.7 Å². The normalized spacial score (nSPS) is 14.0. The maximum atomic E-state index is 12.7. The van der Waals surface area contributed by atoms with E-state index in [0.29, 0.717) is 10.6 Å². The zero-order chi connectivity index (χ0) is 24.3. The Morgan fingerprint density at radius 2 is 1.85 bits per heavy atom. The summed E-state index contributed by atoms with van der Waals surface area (Å²) in [7, 11) is 0. The number of hydrogen-bond acceptors (Lipinski definition) is 6. The van der Waals surface area contributed by atoms with Gasteiger partial charge in [-0.15, -0.1) is 11.3 Å². The maximum absolute atomic E-state index is 12.7. The first-order chi connectivity index (χ1) is 15.5. The van der Waals surface area contributed by atoms with Gasteiger partial charge in [-0.25, -0.2) is 0 Å². The minimum Gasteiger partial charge on any atom is -0.365 e. The molecule has 1 aliphatic rings. The highest BCUT2D eigenvalue weighted by atomic mass is 35.6. The van der Waals surface area contributed by atoms with Crippen LogP contribution < -0.4 is 21.7 Å². The van der Waals surface area contributed by atoms with Crippen molar-refractivity contribution < 1.29 is 14.5 Å². The van der Waals surface area contributed by atoms with Crippen molar-refractivity contribution in [1.29, 1.82) is 0 Å². The van der Waals surface area contributed by atoms with Crippen molar-refractivity contribution in [2.75, 3.05) is 5.32 Å². The molecule has 176 valence electrons. The number of amides is 2. The van der Waals surface area contributed by atoms with E-state index < -0.39 is 32.4 Å². The number of anilines is 1. The Morgan fingerprint density at radius 1 is 1.18 bits per heavy atom. The van der Waals surface area contributed by atoms with E-state index >= 15 is 0 Å². The lowest BCUT2D eigenvalue weighted by molar-refractivity contribution is -0.385. The van der Waals surface area contributed by atoms with Crippen LogP contribution in [0, 0.1) is 10.1 Å². The molecule has 2 aromatic rings. The van der Waals surface area contributed by atoms with Gasteiger partial charge in [-0.1, -0.05) is 46.9 Å². The van der Waals surface area contributed by atoms with Gasteiger partial charge in [0, 0.05) is 10.9 Å². The Labute approximate surface area is 213 Å². The summed E-state index contributed by atoms with van der Waals surface area (Å²) in [5.74, 6) is -1.43. The summed E-state index contributed by atoms with van der Waals surface area (Å²) in [4.78, 5) is 36.3. The number of nitrogens with one attached hydrogen (secondary N) is 3. The molecule has 0 saturated carbocycles. The Bertz CT molecular complexity index is 1120. The van der Waals surface area contributed by atoms with E-state index in [0.717, 1.165) is 36.1 Å². The smallest absolute Gasteiger partial charge is 0.282 e. The average Bonchev–Trinajstić information content (AvgIpc) is 3.10. The molecule has 0 bridgehead atoms. The number of alkyl halides is 3. The summed E-state index contributed by atoms with van der Waals surface area (Å²) in [6.07, 6.45) is 2.20. The predicted molar refractivity (Wildman–Crippen MR) is 133 cm³/mol. The van der Waals surface area contributed by atoms with Crippen LogP contribution in [0.15, 0.2) is 24.3 Å². The molecule has 5 N–H and O–H groups in total. The van der Waals surface area contributed by atoms with Crippen LogP contribution >= 0.6 is 58.4 Å². The molecule has 1 aromatic carbocycles. The number of carbonyl (C=O) groups excluding carboxylic acids is 2. The summed E-state index contributed by atoms with van der Waals surface area (Å²) in [5, 5.41) is 19.6. The third-order valence-electron chi connectivity index (χ3n) is 4.87. The lowest BCUT2D eigenvalue weighted by Crippen LogP contribution is -2.56. The minimum absolute atomic E-state index is 0.0460. The number of nitro groups is 1. The van der Waals surface area contributed by atoms with E-state index in [1.54, 1.807) is 0 Å². The Kier molecular flexibility index (Phi) is 8.01. The topological polar surface area (TPSA) is 139 Å². The van der Waals surface area contributed by atoms with Crippen LogP contribution in [-0.2, 0) is 12.8 Å². The van der Waals surface area contributed by atoms with Gasteiger partial charge in [0.1, 0.15) is 16.7 Å². The highest BCUT2D eigenvalue weighted by Crippen LogP contribution is 2.38. The first-order valence-corrected chi connectivity index (χ1v) is 12.0. The quantitative estimate of drug-likeness (QED) is 0.140. The summed E-state index contributed by atoms with van der Waals surface area (Å²) >= 11 is 24.7. The van der Waals surface area contributed by atoms with Crippen LogP contribution in [0.5, 0.6) is 0 Å². The van der Waals surface area contributed by atoms with Crippen LogP contribution in [-0.4, -0.2) is 31.8 Å². The largest absolute Gasteiger partial charge is 0.365 e. The van der Waals surface area contributed by atoms with Gasteiger partial charge in [0.2, 0.25) is 3.79 Å². The highest BCUT2D eigenvalue weighted by Gasteiger charge is 2.36. The number of para-hydroxylation sites is 1. The Hall–Kier alpha value is -2.18. The fourth-order valence-corrected chi connectivity index (χ4v) is 5.33. The van der Waals surface area contributed by atoms with E-state index in [2.05, 4.69) is 16.0 Å². The van der Waals surface area contributed by atoms with Crippen LogP contribution in [0.3, 0.4) is 0 Å². The molecule has 1 heterocycles. The third kappa shape index (κ3) is 6.04. The van der Waals surface area contributed by atoms with Crippen LogP contribution in [0.1, 0.15) is 44.0 Å². The summed E-state index contributed by atoms with van der Waals surface area (Å²) < 4.78 is -2.08. The van der Waals surface area contributed by atoms with Gasteiger partial charge in [0.05, 0.1) is 10.5 Å². The number of rotatable bonds is 6. The second kappa shape index (κ2) is 10.4. The number of fused-ring (bicyclic) bond motifs is 1. The number of halogens is 3. The molecule has 2 amide bonds. The lowest BCUT2D eigenvalue weighted by Gasteiger charge is -2.27. The molecular formula is C19H18Cl3N5O4S2. The number of nitrogens with two attached hydrogens (primary N) is 1. The molecule has 0 unspecified atom stereocenters. The number of thiophene rings is 1. The summed E-state index contributed by atoms with van der Waals surface area (Å²) in [6, 6.07) is 5.35. The van der Waals surface area contributed by atoms with Gasteiger partial charge in [0.15, 0.2) is 5.11 Å². The minimum atomic E-state index is -2.08. The van der Waals surface area contributed by atoms with Gasteiger partial charge in [-0.05, 0) is 49.5 Å². The molecule has 33 heavy (non-hydrogen) atoms. The zero-order valence-electron chi connectivity index (χ0n) is 16.8. The first-order valence-electron chi connectivity index (χ1n) is 9.62. The molecule has 1 atom stereocenters. The van der Waals surface area contributed by atoms with E-state index in [9.17, 15) is 19.7 Å². The monoisotopic (exact) mass is 549 g/mol. The molecule has 9 nitrogen and oxygen atoms in total. The molecule has 0 aliphatic heterocycles. The Balaban J connectivity index is 1.79. The molecule has 0 radical (unpaired) electrons. The second-order valence-corrected chi connectivity index (χ2v) is 11.0. The van der Waals surface area contributed by atoms with Gasteiger partial charge in [-0.3, -0.25) is 19.7 Å². The van der Waals surface area contributed by atoms with Crippen molar-refractivity contribution in [3.8, 4) is 0 Å². The van der Waals surface area contributed by atoms with Crippen molar-refractivity contribution in [1.82, 2.24) is 10.6 Å². The number of aryl methyl sites for hydroxylation is 1. The number of benzene rings is 1. The van der Waals surface area contributed by atoms with E-state index in [1.165, 1.54) is 35.6 Å². The SMILES string of the molecule is NC(=O)c1c(NC(=S)N[C@H](NC(=O)c2ccccc2[N+](=O)[O-])C(Cl)(Cl)Cl)sc2c1CCCC2. The van der Waals surface area contributed by atoms with Crippen LogP contribution in [0.2, 0.25) is 0 Å². The van der Waals surface area contributed by atoms with E-state index in [-0.39, 0.29) is 10.7 Å². The molecule has 1 aliphatic carbocycles. The lowest BCUT2D eigenvalue weighted by atomic mass is 9.95. The second-order valence-electron chi connectivity index (χ2n) is 7.10. The maximum Gasteiger partial charge on any atom is 0.282 e. The summed E-state index contributed by atoms with van der Waals surface area (Å²) in [6.45, 7) is 0. The van der Waals surface area contributed by atoms with Crippen molar-refractivity contribution in [3.05, 3.63) is 55.9 Å². The molecule has 0 saturated heterocycles. The third-order valence-corrected chi connectivity index (χ3v) is 6.95. The number of thiocarbonyl (C=S) groups is 1. The number of primary amides is 1. The number of nitrogens with zero attached hydrogens (tertiary/aromatic N) is 1. The molecule has 0 spiro atoms. The van der Waals surface area contributed by atoms with Crippen molar-refractivity contribution in [2.45, 2.75) is 35.6 Å². The van der Waals surface area contributed by atoms with Crippen molar-refractivity contribution in [2.24, 2.45) is 5.73 Å². The Morgan fingerprint density at radius 3 is 2.48 bits per heavy atom. The fraction of sp³-hybridized carbons (Fsp3) is 0.316.